The lowest BCUT2D eigenvalue weighted by Crippen LogP contribution is -2.02. The molecule has 2 rings (SSSR count). The third-order valence-corrected chi connectivity index (χ3v) is 2.00. The molecule has 0 radical (unpaired) electrons. The van der Waals surface area contributed by atoms with Gasteiger partial charge in [0.15, 0.2) is 0 Å². The molecule has 0 aliphatic rings. The van der Waals surface area contributed by atoms with Crippen LogP contribution in [-0.4, -0.2) is 9.78 Å². The van der Waals surface area contributed by atoms with E-state index in [4.69, 9.17) is 5.73 Å². The second-order valence-electron chi connectivity index (χ2n) is 2.91. The van der Waals surface area contributed by atoms with E-state index >= 15 is 0 Å². The monoisotopic (exact) mass is 191 g/mol. The summed E-state index contributed by atoms with van der Waals surface area (Å²) in [7, 11) is 0. The van der Waals surface area contributed by atoms with Crippen LogP contribution in [0.1, 0.15) is 5.56 Å². The minimum atomic E-state index is -0.390. The molecule has 0 saturated heterocycles. The molecule has 4 heteroatoms. The van der Waals surface area contributed by atoms with Gasteiger partial charge in [0.05, 0.1) is 11.9 Å². The molecule has 2 aromatic rings. The quantitative estimate of drug-likeness (QED) is 0.781. The van der Waals surface area contributed by atoms with E-state index in [-0.39, 0.29) is 6.54 Å². The van der Waals surface area contributed by atoms with Crippen LogP contribution in [0.15, 0.2) is 36.5 Å². The van der Waals surface area contributed by atoms with Gasteiger partial charge in [0.25, 0.3) is 0 Å². The van der Waals surface area contributed by atoms with Crippen LogP contribution in [0.5, 0.6) is 0 Å². The predicted molar refractivity (Wildman–Crippen MR) is 51.4 cm³/mol. The molecule has 0 unspecified atom stereocenters. The molecular weight excluding hydrogens is 181 g/mol. The number of halogens is 1. The van der Waals surface area contributed by atoms with Crippen molar-refractivity contribution in [1.82, 2.24) is 9.78 Å². The van der Waals surface area contributed by atoms with Gasteiger partial charge >= 0.3 is 0 Å². The predicted octanol–water partition coefficient (Wildman–Crippen LogP) is 1.47. The Morgan fingerprint density at radius 2 is 2.00 bits per heavy atom. The molecule has 0 spiro atoms. The first-order valence-electron chi connectivity index (χ1n) is 4.31. The Bertz CT molecular complexity index is 422. The smallest absolute Gasteiger partial charge is 0.220 e. The minimum Gasteiger partial charge on any atom is -0.326 e. The van der Waals surface area contributed by atoms with Gasteiger partial charge in [-0.15, -0.1) is 0 Å². The molecule has 14 heavy (non-hydrogen) atoms. The van der Waals surface area contributed by atoms with Gasteiger partial charge in [-0.3, -0.25) is 0 Å². The van der Waals surface area contributed by atoms with E-state index < -0.39 is 5.95 Å². The lowest BCUT2D eigenvalue weighted by Gasteiger charge is -2.00. The number of hydrogen-bond acceptors (Lipinski definition) is 2. The van der Waals surface area contributed by atoms with Crippen LogP contribution >= 0.6 is 0 Å². The fourth-order valence-corrected chi connectivity index (χ4v) is 1.25. The number of nitrogens with zero attached hydrogens (tertiary/aromatic N) is 2. The molecule has 72 valence electrons. The van der Waals surface area contributed by atoms with Gasteiger partial charge in [-0.25, -0.2) is 4.68 Å². The summed E-state index contributed by atoms with van der Waals surface area (Å²) in [5, 5.41) is 3.92. The van der Waals surface area contributed by atoms with Gasteiger partial charge in [-0.2, -0.15) is 9.49 Å². The molecule has 0 bridgehead atoms. The highest BCUT2D eigenvalue weighted by atomic mass is 19.1. The molecule has 1 heterocycles. The number of rotatable bonds is 2. The average molecular weight is 191 g/mol. The Labute approximate surface area is 81.0 Å². The summed E-state index contributed by atoms with van der Waals surface area (Å²) < 4.78 is 14.8. The second-order valence-corrected chi connectivity index (χ2v) is 2.91. The first-order valence-corrected chi connectivity index (χ1v) is 4.31. The maximum Gasteiger partial charge on any atom is 0.220 e. The summed E-state index contributed by atoms with van der Waals surface area (Å²) in [6.07, 6.45) is 1.45. The second kappa shape index (κ2) is 3.59. The van der Waals surface area contributed by atoms with Crippen molar-refractivity contribution in [2.24, 2.45) is 5.73 Å². The first-order chi connectivity index (χ1) is 6.83. The highest BCUT2D eigenvalue weighted by Gasteiger charge is 2.09. The highest BCUT2D eigenvalue weighted by molar-refractivity contribution is 5.31. The van der Waals surface area contributed by atoms with Crippen LogP contribution in [0.2, 0.25) is 0 Å². The van der Waals surface area contributed by atoms with E-state index in [1.54, 1.807) is 12.1 Å². The normalized spacial score (nSPS) is 10.4. The number of benzene rings is 1. The molecular formula is C10H10FN3. The zero-order valence-electron chi connectivity index (χ0n) is 7.52. The third-order valence-electron chi connectivity index (χ3n) is 2.00. The van der Waals surface area contributed by atoms with Crippen LogP contribution < -0.4 is 5.73 Å². The van der Waals surface area contributed by atoms with Gasteiger partial charge < -0.3 is 5.73 Å². The number of para-hydroxylation sites is 1. The fourth-order valence-electron chi connectivity index (χ4n) is 1.25. The van der Waals surface area contributed by atoms with Gasteiger partial charge in [0, 0.05) is 12.1 Å². The van der Waals surface area contributed by atoms with Crippen molar-refractivity contribution < 1.29 is 4.39 Å². The number of nitrogens with two attached hydrogens (primary N) is 1. The molecule has 0 amide bonds. The standard InChI is InChI=1S/C10H10FN3/c11-10-8(6-12)7-13-14(10)9-4-2-1-3-5-9/h1-5,7H,6,12H2. The van der Waals surface area contributed by atoms with E-state index in [0.717, 1.165) is 0 Å². The van der Waals surface area contributed by atoms with Crippen molar-refractivity contribution in [1.29, 1.82) is 0 Å². The highest BCUT2D eigenvalue weighted by Crippen LogP contribution is 2.12. The SMILES string of the molecule is NCc1cnn(-c2ccccc2)c1F. The summed E-state index contributed by atoms with van der Waals surface area (Å²) in [5.74, 6) is -0.390. The van der Waals surface area contributed by atoms with Crippen molar-refractivity contribution in [3.8, 4) is 5.69 Å². The molecule has 3 nitrogen and oxygen atoms in total. The Balaban J connectivity index is 2.48. The number of aromatic nitrogens is 2. The van der Waals surface area contributed by atoms with E-state index in [1.807, 2.05) is 18.2 Å². The minimum absolute atomic E-state index is 0.165. The zero-order valence-corrected chi connectivity index (χ0v) is 7.52. The Hall–Kier alpha value is -1.68. The van der Waals surface area contributed by atoms with Gasteiger partial charge in [-0.05, 0) is 12.1 Å². The molecule has 1 aromatic carbocycles. The van der Waals surface area contributed by atoms with E-state index in [0.29, 0.717) is 11.3 Å². The van der Waals surface area contributed by atoms with E-state index in [1.165, 1.54) is 10.9 Å². The maximum atomic E-state index is 13.5. The Kier molecular flexibility index (Phi) is 2.28. The van der Waals surface area contributed by atoms with Crippen molar-refractivity contribution in [2.45, 2.75) is 6.54 Å². The largest absolute Gasteiger partial charge is 0.326 e. The van der Waals surface area contributed by atoms with Gasteiger partial charge in [0.2, 0.25) is 5.95 Å². The lowest BCUT2D eigenvalue weighted by molar-refractivity contribution is 0.526. The molecule has 0 fully saturated rings. The topological polar surface area (TPSA) is 43.8 Å². The van der Waals surface area contributed by atoms with Crippen LogP contribution in [0.25, 0.3) is 5.69 Å². The average Bonchev–Trinajstić information content (AvgIpc) is 2.61. The Morgan fingerprint density at radius 1 is 1.29 bits per heavy atom. The molecule has 1 aromatic heterocycles. The summed E-state index contributed by atoms with van der Waals surface area (Å²) in [5.41, 5.74) is 6.47. The summed E-state index contributed by atoms with van der Waals surface area (Å²) >= 11 is 0. The Morgan fingerprint density at radius 3 is 2.57 bits per heavy atom. The number of hydrogen-bond donors (Lipinski definition) is 1. The van der Waals surface area contributed by atoms with E-state index in [2.05, 4.69) is 5.10 Å². The molecule has 0 aliphatic carbocycles. The summed E-state index contributed by atoms with van der Waals surface area (Å²) in [6, 6.07) is 9.11. The fraction of sp³-hybridized carbons (Fsp3) is 0.100. The zero-order chi connectivity index (χ0) is 9.97. The first kappa shape index (κ1) is 8.90. The van der Waals surface area contributed by atoms with Crippen molar-refractivity contribution in [2.75, 3.05) is 0 Å². The van der Waals surface area contributed by atoms with Crippen LogP contribution in [-0.2, 0) is 6.54 Å². The third kappa shape index (κ3) is 1.40. The van der Waals surface area contributed by atoms with Crippen molar-refractivity contribution in [3.63, 3.8) is 0 Å². The van der Waals surface area contributed by atoms with Gasteiger partial charge in [0.1, 0.15) is 0 Å². The maximum absolute atomic E-state index is 13.5. The molecule has 0 aliphatic heterocycles. The molecule has 0 atom stereocenters. The van der Waals surface area contributed by atoms with Crippen molar-refractivity contribution >= 4 is 0 Å². The van der Waals surface area contributed by atoms with E-state index in [9.17, 15) is 4.39 Å². The lowest BCUT2D eigenvalue weighted by atomic mass is 10.3. The molecule has 2 N–H and O–H groups in total. The summed E-state index contributed by atoms with van der Waals surface area (Å²) in [4.78, 5) is 0. The summed E-state index contributed by atoms with van der Waals surface area (Å²) in [6.45, 7) is 0.165. The van der Waals surface area contributed by atoms with Gasteiger partial charge in [-0.1, -0.05) is 18.2 Å². The van der Waals surface area contributed by atoms with Crippen LogP contribution in [0.3, 0.4) is 0 Å². The molecule has 0 saturated carbocycles. The van der Waals surface area contributed by atoms with Crippen LogP contribution in [0, 0.1) is 5.95 Å². The van der Waals surface area contributed by atoms with Crippen molar-refractivity contribution in [3.05, 3.63) is 48.0 Å². The van der Waals surface area contributed by atoms with Crippen LogP contribution in [0.4, 0.5) is 4.39 Å².